The van der Waals surface area contributed by atoms with Crippen LogP contribution in [0.4, 0.5) is 18.9 Å². The van der Waals surface area contributed by atoms with Crippen molar-refractivity contribution in [1.82, 2.24) is 0 Å². The monoisotopic (exact) mass is 255 g/mol. The van der Waals surface area contributed by atoms with E-state index in [1.54, 1.807) is 0 Å². The van der Waals surface area contributed by atoms with Crippen LogP contribution in [0.3, 0.4) is 0 Å². The maximum atomic E-state index is 12.0. The van der Waals surface area contributed by atoms with Gasteiger partial charge in [-0.2, -0.15) is 21.6 Å². The summed E-state index contributed by atoms with van der Waals surface area (Å²) in [7, 11) is -5.41. The van der Waals surface area contributed by atoms with Gasteiger partial charge in [0.05, 0.1) is 6.61 Å². The third-order valence-electron chi connectivity index (χ3n) is 1.67. The van der Waals surface area contributed by atoms with Gasteiger partial charge >= 0.3 is 15.5 Å². The van der Waals surface area contributed by atoms with Gasteiger partial charge < -0.3 is 5.11 Å². The Morgan fingerprint density at radius 3 is 2.44 bits per heavy atom. The quantitative estimate of drug-likeness (QED) is 0.858. The average Bonchev–Trinajstić information content (AvgIpc) is 2.15. The number of benzene rings is 1. The van der Waals surface area contributed by atoms with Crippen LogP contribution in [0.2, 0.25) is 0 Å². The lowest BCUT2D eigenvalue weighted by Gasteiger charge is -2.10. The second-order valence-electron chi connectivity index (χ2n) is 2.91. The first-order valence-corrected chi connectivity index (χ1v) is 5.53. The van der Waals surface area contributed by atoms with Crippen molar-refractivity contribution in [2.24, 2.45) is 0 Å². The molecule has 0 spiro atoms. The summed E-state index contributed by atoms with van der Waals surface area (Å²) in [4.78, 5) is 0. The molecule has 1 aromatic carbocycles. The molecule has 0 fully saturated rings. The molecule has 1 aromatic rings. The van der Waals surface area contributed by atoms with E-state index >= 15 is 0 Å². The molecular formula is C8H8F3NO3S. The first-order chi connectivity index (χ1) is 7.26. The van der Waals surface area contributed by atoms with Crippen LogP contribution in [0.15, 0.2) is 24.3 Å². The first-order valence-electron chi connectivity index (χ1n) is 4.05. The number of alkyl halides is 3. The Bertz CT molecular complexity index is 470. The number of aliphatic hydroxyl groups excluding tert-OH is 1. The summed E-state index contributed by atoms with van der Waals surface area (Å²) in [5.41, 5.74) is -5.30. The van der Waals surface area contributed by atoms with Gasteiger partial charge in [-0.3, -0.25) is 4.72 Å². The lowest BCUT2D eigenvalue weighted by atomic mass is 10.2. The number of hydrogen-bond donors (Lipinski definition) is 2. The summed E-state index contributed by atoms with van der Waals surface area (Å²) in [5.74, 6) is 0. The molecule has 8 heteroatoms. The van der Waals surface area contributed by atoms with E-state index in [1.807, 2.05) is 0 Å². The normalized spacial score (nSPS) is 12.5. The van der Waals surface area contributed by atoms with Crippen LogP contribution in [0.5, 0.6) is 0 Å². The molecule has 16 heavy (non-hydrogen) atoms. The minimum atomic E-state index is -5.41. The second-order valence-corrected chi connectivity index (χ2v) is 4.58. The van der Waals surface area contributed by atoms with Crippen molar-refractivity contribution in [3.8, 4) is 0 Å². The number of nitrogens with one attached hydrogen (secondary N) is 1. The molecule has 1 rings (SSSR count). The smallest absolute Gasteiger partial charge is 0.392 e. The minimum absolute atomic E-state index is 0.246. The lowest BCUT2D eigenvalue weighted by Crippen LogP contribution is -2.29. The van der Waals surface area contributed by atoms with Gasteiger partial charge in [0.25, 0.3) is 0 Å². The van der Waals surface area contributed by atoms with Crippen LogP contribution in [0, 0.1) is 0 Å². The van der Waals surface area contributed by atoms with E-state index in [0.717, 1.165) is 12.1 Å². The Hall–Kier alpha value is -1.28. The fourth-order valence-electron chi connectivity index (χ4n) is 0.946. The molecule has 0 aromatic heterocycles. The Balaban J connectivity index is 2.97. The maximum Gasteiger partial charge on any atom is 0.516 e. The lowest BCUT2D eigenvalue weighted by molar-refractivity contribution is -0.0429. The average molecular weight is 255 g/mol. The van der Waals surface area contributed by atoms with Gasteiger partial charge in [-0.25, -0.2) is 0 Å². The molecule has 90 valence electrons. The third kappa shape index (κ3) is 2.86. The van der Waals surface area contributed by atoms with Crippen LogP contribution in [-0.2, 0) is 16.6 Å². The Kier molecular flexibility index (Phi) is 3.44. The van der Waals surface area contributed by atoms with Gasteiger partial charge in [-0.05, 0) is 17.7 Å². The van der Waals surface area contributed by atoms with Crippen LogP contribution in [0.1, 0.15) is 5.56 Å². The Morgan fingerprint density at radius 1 is 1.31 bits per heavy atom. The molecule has 0 saturated carbocycles. The molecule has 0 aliphatic heterocycles. The predicted octanol–water partition coefficient (Wildman–Crippen LogP) is 1.44. The topological polar surface area (TPSA) is 66.4 Å². The fourth-order valence-corrected chi connectivity index (χ4v) is 1.50. The van der Waals surface area contributed by atoms with Crippen molar-refractivity contribution in [2.45, 2.75) is 12.1 Å². The zero-order valence-electron chi connectivity index (χ0n) is 7.82. The van der Waals surface area contributed by atoms with Crippen LogP contribution < -0.4 is 4.72 Å². The standard InChI is InChI=1S/C8H8F3NO3S/c9-8(10,11)16(14,15)12-7-3-1-2-6(4-7)5-13/h1-4,12-13H,5H2. The summed E-state index contributed by atoms with van der Waals surface area (Å²) < 4.78 is 58.8. The predicted molar refractivity (Wildman–Crippen MR) is 51.0 cm³/mol. The van der Waals surface area contributed by atoms with Gasteiger partial charge in [0.1, 0.15) is 0 Å². The van der Waals surface area contributed by atoms with Gasteiger partial charge in [-0.1, -0.05) is 12.1 Å². The molecule has 0 radical (unpaired) electrons. The summed E-state index contributed by atoms with van der Waals surface area (Å²) in [6.45, 7) is -0.387. The van der Waals surface area contributed by atoms with Gasteiger partial charge in [0.2, 0.25) is 0 Å². The Morgan fingerprint density at radius 2 is 1.94 bits per heavy atom. The van der Waals surface area contributed by atoms with E-state index in [1.165, 1.54) is 16.9 Å². The zero-order valence-corrected chi connectivity index (χ0v) is 8.64. The van der Waals surface area contributed by atoms with Crippen LogP contribution >= 0.6 is 0 Å². The minimum Gasteiger partial charge on any atom is -0.392 e. The van der Waals surface area contributed by atoms with Crippen molar-refractivity contribution < 1.29 is 26.7 Å². The van der Waals surface area contributed by atoms with E-state index in [9.17, 15) is 21.6 Å². The second kappa shape index (κ2) is 4.30. The number of rotatable bonds is 3. The van der Waals surface area contributed by atoms with Gasteiger partial charge in [0.15, 0.2) is 0 Å². The van der Waals surface area contributed by atoms with Crippen LogP contribution in [-0.4, -0.2) is 19.0 Å². The molecule has 4 nitrogen and oxygen atoms in total. The van der Waals surface area contributed by atoms with E-state index < -0.39 is 15.5 Å². The van der Waals surface area contributed by atoms with E-state index in [2.05, 4.69) is 0 Å². The van der Waals surface area contributed by atoms with Gasteiger partial charge in [0, 0.05) is 5.69 Å². The van der Waals surface area contributed by atoms with Crippen molar-refractivity contribution >= 4 is 15.7 Å². The van der Waals surface area contributed by atoms with Crippen molar-refractivity contribution in [3.05, 3.63) is 29.8 Å². The van der Waals surface area contributed by atoms with Crippen molar-refractivity contribution in [3.63, 3.8) is 0 Å². The molecule has 2 N–H and O–H groups in total. The molecule has 0 bridgehead atoms. The number of sulfonamides is 1. The SMILES string of the molecule is O=S(=O)(Nc1cccc(CO)c1)C(F)(F)F. The van der Waals surface area contributed by atoms with E-state index in [-0.39, 0.29) is 12.3 Å². The Labute approximate surface area is 89.8 Å². The molecule has 0 aliphatic carbocycles. The molecular weight excluding hydrogens is 247 g/mol. The van der Waals surface area contributed by atoms with Gasteiger partial charge in [-0.15, -0.1) is 0 Å². The molecule has 0 atom stereocenters. The molecule has 0 aliphatic rings. The largest absolute Gasteiger partial charge is 0.516 e. The highest BCUT2D eigenvalue weighted by Crippen LogP contribution is 2.25. The number of hydrogen-bond acceptors (Lipinski definition) is 3. The zero-order chi connectivity index (χ0) is 12.4. The molecule has 0 amide bonds. The maximum absolute atomic E-state index is 12.0. The molecule has 0 saturated heterocycles. The highest BCUT2D eigenvalue weighted by Gasteiger charge is 2.45. The highest BCUT2D eigenvalue weighted by molar-refractivity contribution is 7.93. The van der Waals surface area contributed by atoms with Crippen molar-refractivity contribution in [2.75, 3.05) is 4.72 Å². The summed E-state index contributed by atoms with van der Waals surface area (Å²) in [6, 6.07) is 5.05. The van der Waals surface area contributed by atoms with E-state index in [4.69, 9.17) is 5.11 Å². The third-order valence-corrected chi connectivity index (χ3v) is 2.78. The number of halogens is 3. The van der Waals surface area contributed by atoms with Crippen LogP contribution in [0.25, 0.3) is 0 Å². The van der Waals surface area contributed by atoms with E-state index in [0.29, 0.717) is 5.56 Å². The fraction of sp³-hybridized carbons (Fsp3) is 0.250. The number of aliphatic hydroxyl groups is 1. The molecule has 0 unspecified atom stereocenters. The first kappa shape index (κ1) is 12.8. The number of anilines is 1. The summed E-state index contributed by atoms with van der Waals surface area (Å²) in [6.07, 6.45) is 0. The summed E-state index contributed by atoms with van der Waals surface area (Å²) in [5, 5.41) is 8.72. The molecule has 0 heterocycles. The van der Waals surface area contributed by atoms with Crippen molar-refractivity contribution in [1.29, 1.82) is 0 Å². The summed E-state index contributed by atoms with van der Waals surface area (Å²) >= 11 is 0. The highest BCUT2D eigenvalue weighted by atomic mass is 32.2.